The normalized spacial score (nSPS) is 10.6. The molecule has 94 valence electrons. The maximum absolute atomic E-state index is 12.0. The van der Waals surface area contributed by atoms with E-state index in [0.717, 1.165) is 3.79 Å². The summed E-state index contributed by atoms with van der Waals surface area (Å²) in [6.07, 6.45) is -0.118. The van der Waals surface area contributed by atoms with Crippen molar-refractivity contribution in [3.8, 4) is 0 Å². The fourth-order valence-electron chi connectivity index (χ4n) is 1.70. The Balaban J connectivity index is 2.13. The molecule has 0 amide bonds. The van der Waals surface area contributed by atoms with Gasteiger partial charge in [0.1, 0.15) is 11.5 Å². The first-order valence-electron chi connectivity index (χ1n) is 5.36. The Kier molecular flexibility index (Phi) is 3.82. The summed E-state index contributed by atoms with van der Waals surface area (Å²) in [5.74, 6) is 0.896. The van der Waals surface area contributed by atoms with Crippen LogP contribution < -0.4 is 0 Å². The molecule has 0 aliphatic heterocycles. The van der Waals surface area contributed by atoms with Crippen molar-refractivity contribution in [1.29, 1.82) is 0 Å². The molecule has 0 aliphatic carbocycles. The Labute approximate surface area is 117 Å². The van der Waals surface area contributed by atoms with Gasteiger partial charge in [-0.15, -0.1) is 11.3 Å². The summed E-state index contributed by atoms with van der Waals surface area (Å²) in [5, 5.41) is 0. The number of hydrogen-bond donors (Lipinski definition) is 0. The van der Waals surface area contributed by atoms with Crippen LogP contribution in [0.1, 0.15) is 38.0 Å². The Morgan fingerprint density at radius 3 is 2.50 bits per heavy atom. The molecule has 0 bridgehead atoms. The van der Waals surface area contributed by atoms with E-state index in [1.807, 2.05) is 0 Å². The lowest BCUT2D eigenvalue weighted by molar-refractivity contribution is 0.0896. The quantitative estimate of drug-likeness (QED) is 0.625. The number of furan rings is 1. The molecule has 2 aromatic heterocycles. The third-order valence-electron chi connectivity index (χ3n) is 2.51. The van der Waals surface area contributed by atoms with Gasteiger partial charge in [0.15, 0.2) is 11.6 Å². The van der Waals surface area contributed by atoms with Crippen LogP contribution in [-0.4, -0.2) is 11.6 Å². The van der Waals surface area contributed by atoms with Crippen LogP contribution in [0.5, 0.6) is 0 Å². The maximum Gasteiger partial charge on any atom is 0.180 e. The van der Waals surface area contributed by atoms with Crippen LogP contribution in [0.2, 0.25) is 0 Å². The SMILES string of the molecule is Cc1cc(C(=O)CC(=O)c2ccc(Br)s2)c(C)o1. The molecule has 0 fully saturated rings. The monoisotopic (exact) mass is 326 g/mol. The number of carbonyl (C=O) groups excluding carboxylic acids is 2. The molecule has 2 heterocycles. The molecule has 2 aromatic rings. The highest BCUT2D eigenvalue weighted by molar-refractivity contribution is 9.11. The number of carbonyl (C=O) groups is 2. The third kappa shape index (κ3) is 2.79. The van der Waals surface area contributed by atoms with Crippen molar-refractivity contribution >= 4 is 38.8 Å². The summed E-state index contributed by atoms with van der Waals surface area (Å²) in [6, 6.07) is 5.20. The first-order chi connectivity index (χ1) is 8.47. The average molecular weight is 327 g/mol. The predicted molar refractivity (Wildman–Crippen MR) is 73.5 cm³/mol. The van der Waals surface area contributed by atoms with E-state index in [-0.39, 0.29) is 18.0 Å². The molecule has 0 atom stereocenters. The molecule has 0 spiro atoms. The highest BCUT2D eigenvalue weighted by atomic mass is 79.9. The van der Waals surface area contributed by atoms with Gasteiger partial charge in [0, 0.05) is 0 Å². The number of ketones is 2. The van der Waals surface area contributed by atoms with E-state index < -0.39 is 0 Å². The van der Waals surface area contributed by atoms with Crippen LogP contribution >= 0.6 is 27.3 Å². The molecule has 0 aliphatic rings. The fourth-order valence-corrected chi connectivity index (χ4v) is 3.02. The highest BCUT2D eigenvalue weighted by Crippen LogP contribution is 2.24. The Morgan fingerprint density at radius 2 is 2.00 bits per heavy atom. The molecular formula is C13H11BrO3S. The van der Waals surface area contributed by atoms with E-state index in [9.17, 15) is 9.59 Å². The van der Waals surface area contributed by atoms with Crippen LogP contribution in [0.25, 0.3) is 0 Å². The van der Waals surface area contributed by atoms with Crippen molar-refractivity contribution in [2.45, 2.75) is 20.3 Å². The first-order valence-corrected chi connectivity index (χ1v) is 6.97. The minimum atomic E-state index is -0.195. The van der Waals surface area contributed by atoms with Gasteiger partial charge in [0.2, 0.25) is 0 Å². The van der Waals surface area contributed by atoms with Gasteiger partial charge < -0.3 is 4.42 Å². The predicted octanol–water partition coefficient (Wildman–Crippen LogP) is 4.18. The van der Waals surface area contributed by atoms with E-state index in [2.05, 4.69) is 15.9 Å². The molecule has 18 heavy (non-hydrogen) atoms. The summed E-state index contributed by atoms with van der Waals surface area (Å²) in [4.78, 5) is 24.5. The summed E-state index contributed by atoms with van der Waals surface area (Å²) in [5.41, 5.74) is 0.497. The number of aryl methyl sites for hydroxylation is 2. The number of halogens is 1. The van der Waals surface area contributed by atoms with E-state index in [0.29, 0.717) is 22.0 Å². The van der Waals surface area contributed by atoms with Gasteiger partial charge in [0.05, 0.1) is 20.6 Å². The molecular weight excluding hydrogens is 316 g/mol. The second-order valence-electron chi connectivity index (χ2n) is 3.95. The largest absolute Gasteiger partial charge is 0.466 e. The van der Waals surface area contributed by atoms with Crippen LogP contribution in [0.3, 0.4) is 0 Å². The minimum absolute atomic E-state index is 0.118. The summed E-state index contributed by atoms with van der Waals surface area (Å²) in [7, 11) is 0. The smallest absolute Gasteiger partial charge is 0.180 e. The zero-order valence-electron chi connectivity index (χ0n) is 9.95. The summed E-state index contributed by atoms with van der Waals surface area (Å²) in [6.45, 7) is 3.51. The lowest BCUT2D eigenvalue weighted by Crippen LogP contribution is -2.07. The van der Waals surface area contributed by atoms with E-state index >= 15 is 0 Å². The van der Waals surface area contributed by atoms with E-state index in [4.69, 9.17) is 4.42 Å². The Hall–Kier alpha value is -1.20. The standard InChI is InChI=1S/C13H11BrO3S/c1-7-5-9(8(2)17-7)10(15)6-11(16)12-3-4-13(14)18-12/h3-5H,6H2,1-2H3. The summed E-state index contributed by atoms with van der Waals surface area (Å²) >= 11 is 4.63. The van der Waals surface area contributed by atoms with Crippen LogP contribution in [0.4, 0.5) is 0 Å². The Morgan fingerprint density at radius 1 is 1.28 bits per heavy atom. The molecule has 0 saturated heterocycles. The third-order valence-corrected chi connectivity index (χ3v) is 4.18. The van der Waals surface area contributed by atoms with Gasteiger partial charge in [-0.2, -0.15) is 0 Å². The van der Waals surface area contributed by atoms with Gasteiger partial charge in [-0.25, -0.2) is 0 Å². The lowest BCUT2D eigenvalue weighted by atomic mass is 10.1. The molecule has 0 radical (unpaired) electrons. The zero-order chi connectivity index (χ0) is 13.3. The maximum atomic E-state index is 12.0. The lowest BCUT2D eigenvalue weighted by Gasteiger charge is -1.97. The molecule has 0 saturated carbocycles. The average Bonchev–Trinajstić information content (AvgIpc) is 2.84. The molecule has 5 heteroatoms. The van der Waals surface area contributed by atoms with Crippen molar-refractivity contribution in [2.24, 2.45) is 0 Å². The van der Waals surface area contributed by atoms with Crippen LogP contribution in [-0.2, 0) is 0 Å². The topological polar surface area (TPSA) is 47.3 Å². The van der Waals surface area contributed by atoms with Crippen LogP contribution in [0, 0.1) is 13.8 Å². The number of rotatable bonds is 4. The fraction of sp³-hybridized carbons (Fsp3) is 0.231. The molecule has 0 unspecified atom stereocenters. The van der Waals surface area contributed by atoms with Gasteiger partial charge >= 0.3 is 0 Å². The zero-order valence-corrected chi connectivity index (χ0v) is 12.4. The van der Waals surface area contributed by atoms with Gasteiger partial charge in [-0.05, 0) is 48.0 Å². The van der Waals surface area contributed by atoms with Gasteiger partial charge in [0.25, 0.3) is 0 Å². The van der Waals surface area contributed by atoms with Crippen LogP contribution in [0.15, 0.2) is 26.4 Å². The van der Waals surface area contributed by atoms with Gasteiger partial charge in [-0.3, -0.25) is 9.59 Å². The van der Waals surface area contributed by atoms with E-state index in [1.165, 1.54) is 11.3 Å². The van der Waals surface area contributed by atoms with Crippen molar-refractivity contribution in [1.82, 2.24) is 0 Å². The molecule has 2 rings (SSSR count). The first kappa shape index (κ1) is 13.2. The van der Waals surface area contributed by atoms with Gasteiger partial charge in [-0.1, -0.05) is 0 Å². The summed E-state index contributed by atoms with van der Waals surface area (Å²) < 4.78 is 6.17. The molecule has 0 N–H and O–H groups in total. The second kappa shape index (κ2) is 5.20. The minimum Gasteiger partial charge on any atom is -0.466 e. The Bertz CT molecular complexity index is 610. The number of Topliss-reactive ketones (excluding diaryl/α,β-unsaturated/α-hetero) is 2. The highest BCUT2D eigenvalue weighted by Gasteiger charge is 2.18. The second-order valence-corrected chi connectivity index (χ2v) is 6.42. The van der Waals surface area contributed by atoms with Crippen molar-refractivity contribution < 1.29 is 14.0 Å². The van der Waals surface area contributed by atoms with Crippen molar-refractivity contribution in [3.05, 3.63) is 43.9 Å². The molecule has 3 nitrogen and oxygen atoms in total. The number of hydrogen-bond acceptors (Lipinski definition) is 4. The van der Waals surface area contributed by atoms with Crippen molar-refractivity contribution in [3.63, 3.8) is 0 Å². The van der Waals surface area contributed by atoms with Crippen molar-refractivity contribution in [2.75, 3.05) is 0 Å². The molecule has 0 aromatic carbocycles. The van der Waals surface area contributed by atoms with E-state index in [1.54, 1.807) is 32.0 Å². The number of thiophene rings is 1.